The number of esters is 1. The highest BCUT2D eigenvalue weighted by molar-refractivity contribution is 7.91. The topological polar surface area (TPSA) is 93.1 Å². The molecule has 0 N–H and O–H groups in total. The average Bonchev–Trinajstić information content (AvgIpc) is 2.80. The molecule has 2 aliphatic heterocycles. The number of amides is 1. The molecule has 0 radical (unpaired) electrons. The highest BCUT2D eigenvalue weighted by atomic mass is 32.2. The van der Waals surface area contributed by atoms with Crippen LogP contribution in [-0.4, -0.2) is 55.2 Å². The van der Waals surface area contributed by atoms with Crippen LogP contribution in [0.4, 0.5) is 0 Å². The molecule has 1 saturated heterocycles. The largest absolute Gasteiger partial charge is 0.469 e. The molecule has 2 unspecified atom stereocenters. The molecule has 0 saturated carbocycles. The zero-order valence-electron chi connectivity index (χ0n) is 11.7. The lowest BCUT2D eigenvalue weighted by Gasteiger charge is -2.31. The van der Waals surface area contributed by atoms with E-state index in [0.29, 0.717) is 12.1 Å². The molecule has 0 aromatic heterocycles. The fraction of sp³-hybridized carbons (Fsp3) is 0.750. The van der Waals surface area contributed by atoms with E-state index in [0.717, 1.165) is 0 Å². The van der Waals surface area contributed by atoms with Crippen molar-refractivity contribution in [1.29, 1.82) is 0 Å². The first kappa shape index (κ1) is 15.0. The van der Waals surface area contributed by atoms with Crippen LogP contribution in [0.3, 0.4) is 0 Å². The van der Waals surface area contributed by atoms with Gasteiger partial charge >= 0.3 is 5.97 Å². The van der Waals surface area contributed by atoms with Gasteiger partial charge in [0.15, 0.2) is 9.84 Å². The molecular formula is C12H18N2O5S. The number of hydrogen-bond donors (Lipinski definition) is 0. The molecule has 1 amide bonds. The molecule has 1 fully saturated rings. The molecule has 2 heterocycles. The number of ether oxygens (including phenoxy) is 1. The summed E-state index contributed by atoms with van der Waals surface area (Å²) in [6.45, 7) is 3.38. The van der Waals surface area contributed by atoms with Gasteiger partial charge in [0.25, 0.3) is 5.91 Å². The van der Waals surface area contributed by atoms with Gasteiger partial charge in [-0.15, -0.1) is 0 Å². The second-order valence-corrected chi connectivity index (χ2v) is 7.75. The molecule has 0 aliphatic carbocycles. The monoisotopic (exact) mass is 302 g/mol. The Bertz CT molecular complexity index is 583. The number of hydrogen-bond acceptors (Lipinski definition) is 6. The predicted octanol–water partition coefficient (Wildman–Crippen LogP) is -0.0390. The number of carbonyl (C=O) groups excluding carboxylic acids is 2. The van der Waals surface area contributed by atoms with Crippen molar-refractivity contribution < 1.29 is 22.7 Å². The molecule has 112 valence electrons. The van der Waals surface area contributed by atoms with Crippen molar-refractivity contribution in [3.05, 3.63) is 0 Å². The maximum atomic E-state index is 12.4. The summed E-state index contributed by atoms with van der Waals surface area (Å²) in [5.41, 5.74) is -0.298. The first-order valence-corrected chi connectivity index (χ1v) is 8.17. The Morgan fingerprint density at radius 1 is 1.55 bits per heavy atom. The Labute approximate surface area is 117 Å². The maximum absolute atomic E-state index is 12.4. The van der Waals surface area contributed by atoms with Gasteiger partial charge in [-0.1, -0.05) is 0 Å². The van der Waals surface area contributed by atoms with Gasteiger partial charge in [0.2, 0.25) is 0 Å². The summed E-state index contributed by atoms with van der Waals surface area (Å²) in [6, 6.07) is 0. The van der Waals surface area contributed by atoms with Crippen LogP contribution in [0.5, 0.6) is 0 Å². The number of rotatable bonds is 3. The third-order valence-corrected chi connectivity index (χ3v) is 5.75. The standard InChI is InChI=1S/C12H18N2O5S/c1-8-9(6-10(15)19-3)11(16)14(13-8)12(2)4-5-20(17,18)7-12/h9H,4-7H2,1-3H3. The maximum Gasteiger partial charge on any atom is 0.306 e. The summed E-state index contributed by atoms with van der Waals surface area (Å²) < 4.78 is 27.8. The van der Waals surface area contributed by atoms with Gasteiger partial charge in [-0.05, 0) is 20.3 Å². The Morgan fingerprint density at radius 2 is 2.20 bits per heavy atom. The van der Waals surface area contributed by atoms with E-state index in [1.807, 2.05) is 0 Å². The van der Waals surface area contributed by atoms with E-state index >= 15 is 0 Å². The zero-order valence-corrected chi connectivity index (χ0v) is 12.6. The Balaban J connectivity index is 2.20. The third-order valence-electron chi connectivity index (χ3n) is 3.86. The van der Waals surface area contributed by atoms with E-state index in [1.165, 1.54) is 12.1 Å². The molecule has 7 nitrogen and oxygen atoms in total. The number of nitrogens with zero attached hydrogens (tertiary/aromatic N) is 2. The van der Waals surface area contributed by atoms with Gasteiger partial charge < -0.3 is 4.74 Å². The van der Waals surface area contributed by atoms with Gasteiger partial charge in [0.05, 0.1) is 36.5 Å². The smallest absolute Gasteiger partial charge is 0.306 e. The van der Waals surface area contributed by atoms with E-state index in [2.05, 4.69) is 9.84 Å². The molecule has 0 bridgehead atoms. The van der Waals surface area contributed by atoms with E-state index in [1.54, 1.807) is 13.8 Å². The lowest BCUT2D eigenvalue weighted by Crippen LogP contribution is -2.47. The lowest BCUT2D eigenvalue weighted by molar-refractivity contribution is -0.145. The normalized spacial score (nSPS) is 32.4. The minimum atomic E-state index is -3.13. The van der Waals surface area contributed by atoms with Crippen LogP contribution in [0.2, 0.25) is 0 Å². The van der Waals surface area contributed by atoms with Crippen LogP contribution in [0.1, 0.15) is 26.7 Å². The second-order valence-electron chi connectivity index (χ2n) is 5.56. The first-order chi connectivity index (χ1) is 9.18. The van der Waals surface area contributed by atoms with Crippen molar-refractivity contribution in [3.8, 4) is 0 Å². The highest BCUT2D eigenvalue weighted by Crippen LogP contribution is 2.34. The van der Waals surface area contributed by atoms with E-state index in [-0.39, 0.29) is 23.8 Å². The number of carbonyl (C=O) groups is 2. The molecule has 20 heavy (non-hydrogen) atoms. The Kier molecular flexibility index (Phi) is 3.62. The third kappa shape index (κ3) is 2.56. The summed E-state index contributed by atoms with van der Waals surface area (Å²) in [7, 11) is -1.87. The van der Waals surface area contributed by atoms with E-state index < -0.39 is 27.3 Å². The van der Waals surface area contributed by atoms with Crippen LogP contribution >= 0.6 is 0 Å². The van der Waals surface area contributed by atoms with Gasteiger partial charge in [0.1, 0.15) is 0 Å². The van der Waals surface area contributed by atoms with Crippen molar-refractivity contribution >= 4 is 27.4 Å². The molecule has 0 aromatic carbocycles. The fourth-order valence-electron chi connectivity index (χ4n) is 2.64. The van der Waals surface area contributed by atoms with Crippen LogP contribution in [0, 0.1) is 5.92 Å². The molecule has 8 heteroatoms. The molecule has 0 spiro atoms. The second kappa shape index (κ2) is 4.83. The number of hydrazone groups is 1. The van der Waals surface area contributed by atoms with Crippen LogP contribution < -0.4 is 0 Å². The summed E-state index contributed by atoms with van der Waals surface area (Å²) in [4.78, 5) is 23.7. The molecule has 2 rings (SSSR count). The number of methoxy groups -OCH3 is 1. The number of sulfone groups is 1. The first-order valence-electron chi connectivity index (χ1n) is 6.35. The van der Waals surface area contributed by atoms with Gasteiger partial charge in [0, 0.05) is 5.71 Å². The Morgan fingerprint density at radius 3 is 2.70 bits per heavy atom. The fourth-order valence-corrected chi connectivity index (χ4v) is 4.74. The van der Waals surface area contributed by atoms with Crippen LogP contribution in [-0.2, 0) is 24.2 Å². The van der Waals surface area contributed by atoms with Crippen molar-refractivity contribution in [3.63, 3.8) is 0 Å². The van der Waals surface area contributed by atoms with Crippen LogP contribution in [0.15, 0.2) is 5.10 Å². The Hall–Kier alpha value is -1.44. The SMILES string of the molecule is COC(=O)CC1C(=O)N(C2(C)CCS(=O)(=O)C2)N=C1C. The summed E-state index contributed by atoms with van der Waals surface area (Å²) in [5, 5.41) is 5.44. The average molecular weight is 302 g/mol. The van der Waals surface area contributed by atoms with E-state index in [4.69, 9.17) is 0 Å². The molecule has 2 atom stereocenters. The van der Waals surface area contributed by atoms with Crippen molar-refractivity contribution in [2.24, 2.45) is 11.0 Å². The van der Waals surface area contributed by atoms with Crippen molar-refractivity contribution in [2.45, 2.75) is 32.2 Å². The van der Waals surface area contributed by atoms with Gasteiger partial charge in [-0.25, -0.2) is 13.4 Å². The highest BCUT2D eigenvalue weighted by Gasteiger charge is 2.49. The van der Waals surface area contributed by atoms with Crippen molar-refractivity contribution in [1.82, 2.24) is 5.01 Å². The van der Waals surface area contributed by atoms with Crippen LogP contribution in [0.25, 0.3) is 0 Å². The molecular weight excluding hydrogens is 284 g/mol. The molecule has 0 aromatic rings. The zero-order chi connectivity index (χ0) is 15.1. The quantitative estimate of drug-likeness (QED) is 0.682. The summed E-state index contributed by atoms with van der Waals surface area (Å²) in [5.74, 6) is -1.49. The lowest BCUT2D eigenvalue weighted by atomic mass is 9.97. The van der Waals surface area contributed by atoms with Gasteiger partial charge in [-0.2, -0.15) is 5.10 Å². The summed E-state index contributed by atoms with van der Waals surface area (Å²) in [6.07, 6.45) is 0.298. The predicted molar refractivity (Wildman–Crippen MR) is 71.8 cm³/mol. The summed E-state index contributed by atoms with van der Waals surface area (Å²) >= 11 is 0. The van der Waals surface area contributed by atoms with E-state index in [9.17, 15) is 18.0 Å². The van der Waals surface area contributed by atoms with Gasteiger partial charge in [-0.3, -0.25) is 9.59 Å². The minimum Gasteiger partial charge on any atom is -0.469 e. The minimum absolute atomic E-state index is 0.0590. The van der Waals surface area contributed by atoms with Crippen molar-refractivity contribution in [2.75, 3.05) is 18.6 Å². The molecule has 2 aliphatic rings.